The molecule has 0 amide bonds. The molecule has 5 aromatic carbocycles. The van der Waals surface area contributed by atoms with Gasteiger partial charge < -0.3 is 28.4 Å². The number of benzene rings is 5. The third-order valence-electron chi connectivity index (χ3n) is 6.60. The second-order valence-corrected chi connectivity index (χ2v) is 13.6. The number of esters is 1. The zero-order chi connectivity index (χ0) is 35.3. The molecule has 0 fully saturated rings. The van der Waals surface area contributed by atoms with Crippen LogP contribution in [-0.2, 0) is 20.4 Å². The van der Waals surface area contributed by atoms with Crippen LogP contribution in [-0.4, -0.2) is 43.6 Å². The van der Waals surface area contributed by atoms with Crippen molar-refractivity contribution in [3.63, 3.8) is 0 Å². The van der Waals surface area contributed by atoms with Crippen molar-refractivity contribution in [2.75, 3.05) is 20.3 Å². The molecule has 0 aromatic heterocycles. The fraction of sp³-hybridized carbons (Fsp3) is 0.205. The van der Waals surface area contributed by atoms with E-state index >= 15 is 0 Å². The summed E-state index contributed by atoms with van der Waals surface area (Å²) in [4.78, 5) is 11.8. The van der Waals surface area contributed by atoms with E-state index in [0.717, 1.165) is 5.56 Å². The lowest BCUT2D eigenvalue weighted by molar-refractivity contribution is 0.0599. The molecule has 5 aromatic rings. The molecule has 0 heterocycles. The molecular weight excluding hydrogens is 673 g/mol. The summed E-state index contributed by atoms with van der Waals surface area (Å²) in [6.07, 6.45) is -0.514. The number of carbonyl (C=O) groups excluding carboxylic acids is 1. The fourth-order valence-electron chi connectivity index (χ4n) is 4.42. The van der Waals surface area contributed by atoms with Gasteiger partial charge in [-0.05, 0) is 55.4 Å². The van der Waals surface area contributed by atoms with E-state index in [2.05, 4.69) is 114 Å². The Morgan fingerprint density at radius 1 is 0.673 bits per heavy atom. The minimum atomic E-state index is -0.446. The highest BCUT2D eigenvalue weighted by molar-refractivity contribution is 7.79. The number of methoxy groups -OCH3 is 1. The van der Waals surface area contributed by atoms with Crippen LogP contribution in [0.5, 0.6) is 11.5 Å². The number of ether oxygens (including phenoxy) is 3. The summed E-state index contributed by atoms with van der Waals surface area (Å²) < 4.78 is 25.8. The zero-order valence-electron chi connectivity index (χ0n) is 28.1. The van der Waals surface area contributed by atoms with Crippen molar-refractivity contribution in [2.45, 2.75) is 32.7 Å². The third-order valence-corrected chi connectivity index (χ3v) is 9.43. The summed E-state index contributed by atoms with van der Waals surface area (Å²) in [6.45, 7) is 4.75. The van der Waals surface area contributed by atoms with E-state index in [1.54, 1.807) is 25.1 Å². The lowest BCUT2D eigenvalue weighted by Crippen LogP contribution is -2.20. The molecule has 5 rings (SSSR count). The van der Waals surface area contributed by atoms with Crippen LogP contribution in [0.3, 0.4) is 0 Å². The summed E-state index contributed by atoms with van der Waals surface area (Å²) in [5, 5.41) is 12.6. The molecule has 0 saturated heterocycles. The Kier molecular flexibility index (Phi) is 18.6. The standard InChI is InChI=1S/C18H21O5P.C18H15P.C3H9O2P/c1-13(11-22-24)23-17-9-15(18(19)20-2)8-16(10-17)21-12-14-6-4-3-5-7-14;1-4-10-16(11-5-1)19(17-12-6-2-7-13-17)18-14-8-3-9-15-18;1-3(4)2-5-6/h3-10,13H,11-12,24H2,1-2H3;1-15H;3-4H,2,6H2,1H3/t13-;;3-/m0.1/s1. The normalized spacial score (nSPS) is 11.6. The van der Waals surface area contributed by atoms with Crippen molar-refractivity contribution in [3.8, 4) is 11.5 Å². The highest BCUT2D eigenvalue weighted by Crippen LogP contribution is 2.32. The molecule has 10 heteroatoms. The maximum atomic E-state index is 11.8. The van der Waals surface area contributed by atoms with Gasteiger partial charge in [-0.25, -0.2) is 4.79 Å². The SMILES string of the molecule is COC(=O)c1cc(OCc2ccccc2)cc(O[C@@H](C)COP)c1.C[C@@H](O)COP.c1ccc(P(c2ccccc2)c2ccccc2)cc1. The smallest absolute Gasteiger partial charge is 0.338 e. The maximum absolute atomic E-state index is 11.8. The summed E-state index contributed by atoms with van der Waals surface area (Å²) in [7, 11) is 5.14. The fourth-order valence-corrected chi connectivity index (χ4v) is 7.27. The number of aliphatic hydroxyl groups is 1. The minimum absolute atomic E-state index is 0.169. The van der Waals surface area contributed by atoms with Crippen LogP contribution in [0.1, 0.15) is 29.8 Å². The lowest BCUT2D eigenvalue weighted by atomic mass is 10.2. The zero-order valence-corrected chi connectivity index (χ0v) is 31.3. The van der Waals surface area contributed by atoms with Gasteiger partial charge >= 0.3 is 5.97 Å². The van der Waals surface area contributed by atoms with Crippen molar-refractivity contribution in [2.24, 2.45) is 0 Å². The largest absolute Gasteiger partial charge is 0.489 e. The van der Waals surface area contributed by atoms with Crippen molar-refractivity contribution in [1.29, 1.82) is 0 Å². The van der Waals surface area contributed by atoms with Gasteiger partial charge in [-0.3, -0.25) is 0 Å². The molecule has 1 N–H and O–H groups in total. The Morgan fingerprint density at radius 2 is 1.12 bits per heavy atom. The molecule has 2 unspecified atom stereocenters. The summed E-state index contributed by atoms with van der Waals surface area (Å²) in [5.74, 6) is 0.617. The number of hydrogen-bond donors (Lipinski definition) is 1. The number of aliphatic hydroxyl groups excluding tert-OH is 1. The van der Waals surface area contributed by atoms with Gasteiger partial charge in [-0.1, -0.05) is 121 Å². The molecule has 0 aliphatic rings. The van der Waals surface area contributed by atoms with Gasteiger partial charge in [0.1, 0.15) is 24.2 Å². The minimum Gasteiger partial charge on any atom is -0.489 e. The Labute approximate surface area is 296 Å². The van der Waals surface area contributed by atoms with E-state index in [-0.39, 0.29) is 12.2 Å². The Bertz CT molecular complexity index is 1520. The molecule has 49 heavy (non-hydrogen) atoms. The van der Waals surface area contributed by atoms with E-state index in [4.69, 9.17) is 23.8 Å². The maximum Gasteiger partial charge on any atom is 0.338 e. The first kappa shape index (κ1) is 39.8. The number of rotatable bonds is 13. The molecule has 0 aliphatic carbocycles. The average Bonchev–Trinajstić information content (AvgIpc) is 3.13. The van der Waals surface area contributed by atoms with E-state index in [1.807, 2.05) is 37.3 Å². The second-order valence-electron chi connectivity index (χ2n) is 10.7. The monoisotopic (exact) mass is 718 g/mol. The van der Waals surface area contributed by atoms with Crippen LogP contribution in [0.25, 0.3) is 0 Å². The van der Waals surface area contributed by atoms with Crippen molar-refractivity contribution in [1.82, 2.24) is 0 Å². The topological polar surface area (TPSA) is 83.5 Å². The summed E-state index contributed by atoms with van der Waals surface area (Å²) >= 11 is 0. The average molecular weight is 719 g/mol. The van der Waals surface area contributed by atoms with Crippen molar-refractivity contribution in [3.05, 3.63) is 151 Å². The molecule has 0 saturated carbocycles. The molecule has 0 spiro atoms. The highest BCUT2D eigenvalue weighted by atomic mass is 31.1. The lowest BCUT2D eigenvalue weighted by Gasteiger charge is -2.18. The van der Waals surface area contributed by atoms with Crippen LogP contribution in [0.2, 0.25) is 0 Å². The second kappa shape index (κ2) is 22.9. The van der Waals surface area contributed by atoms with Gasteiger partial charge in [-0.2, -0.15) is 0 Å². The van der Waals surface area contributed by atoms with Crippen LogP contribution in [0.15, 0.2) is 140 Å². The van der Waals surface area contributed by atoms with E-state index in [1.165, 1.54) is 23.0 Å². The predicted octanol–water partition coefficient (Wildman–Crippen LogP) is 7.24. The van der Waals surface area contributed by atoms with Gasteiger partial charge in [0.05, 0.1) is 32.0 Å². The number of hydrogen-bond acceptors (Lipinski definition) is 7. The molecule has 0 aliphatic heterocycles. The molecular formula is C39H45O7P3. The molecule has 0 radical (unpaired) electrons. The van der Waals surface area contributed by atoms with E-state index in [9.17, 15) is 4.79 Å². The Balaban J connectivity index is 0.000000232. The van der Waals surface area contributed by atoms with Gasteiger partial charge in [0.2, 0.25) is 0 Å². The molecule has 258 valence electrons. The highest BCUT2D eigenvalue weighted by Gasteiger charge is 2.15. The quantitative estimate of drug-likeness (QED) is 0.102. The van der Waals surface area contributed by atoms with Crippen molar-refractivity contribution >= 4 is 48.7 Å². The van der Waals surface area contributed by atoms with Crippen molar-refractivity contribution < 1.29 is 33.2 Å². The van der Waals surface area contributed by atoms with Gasteiger partial charge in [-0.15, -0.1) is 0 Å². The molecule has 0 bridgehead atoms. The van der Waals surface area contributed by atoms with Gasteiger partial charge in [0.25, 0.3) is 0 Å². The first-order chi connectivity index (χ1) is 23.8. The van der Waals surface area contributed by atoms with Crippen LogP contribution >= 0.6 is 26.9 Å². The van der Waals surface area contributed by atoms with Crippen LogP contribution in [0, 0.1) is 0 Å². The van der Waals surface area contributed by atoms with E-state index in [0.29, 0.717) is 36.9 Å². The predicted molar refractivity (Wildman–Crippen MR) is 207 cm³/mol. The summed E-state index contributed by atoms with van der Waals surface area (Å²) in [5.41, 5.74) is 1.41. The molecule has 7 nitrogen and oxygen atoms in total. The summed E-state index contributed by atoms with van der Waals surface area (Å²) in [6, 6.07) is 47.1. The Morgan fingerprint density at radius 3 is 1.53 bits per heavy atom. The Hall–Kier alpha value is -3.66. The third kappa shape index (κ3) is 14.8. The van der Waals surface area contributed by atoms with Crippen LogP contribution in [0.4, 0.5) is 0 Å². The first-order valence-corrected chi connectivity index (χ1v) is 18.0. The van der Waals surface area contributed by atoms with Gasteiger partial charge in [0.15, 0.2) is 0 Å². The van der Waals surface area contributed by atoms with Gasteiger partial charge in [0, 0.05) is 25.0 Å². The van der Waals surface area contributed by atoms with E-state index < -0.39 is 13.9 Å². The van der Waals surface area contributed by atoms with Crippen LogP contribution < -0.4 is 25.4 Å². The first-order valence-electron chi connectivity index (χ1n) is 15.7. The number of carbonyl (C=O) groups is 1. The molecule has 4 atom stereocenters.